The molecule has 98 valence electrons. The molecule has 0 saturated carbocycles. The van der Waals surface area contributed by atoms with Gasteiger partial charge in [-0.15, -0.1) is 0 Å². The van der Waals surface area contributed by atoms with Gasteiger partial charge in [0.15, 0.2) is 0 Å². The van der Waals surface area contributed by atoms with E-state index in [4.69, 9.17) is 4.74 Å². The van der Waals surface area contributed by atoms with Crippen LogP contribution in [0.2, 0.25) is 0 Å². The third-order valence-corrected chi connectivity index (χ3v) is 2.81. The van der Waals surface area contributed by atoms with Crippen molar-refractivity contribution < 1.29 is 9.66 Å². The van der Waals surface area contributed by atoms with Gasteiger partial charge in [-0.25, -0.2) is 4.98 Å². The third-order valence-electron chi connectivity index (χ3n) is 2.81. The number of likely N-dealkylation sites (N-methyl/N-ethyl adjacent to an activating group) is 1. The van der Waals surface area contributed by atoms with Gasteiger partial charge in [0.25, 0.3) is 0 Å². The maximum atomic E-state index is 10.9. The second-order valence-electron chi connectivity index (χ2n) is 4.18. The van der Waals surface area contributed by atoms with Crippen LogP contribution in [0.5, 0.6) is 0 Å². The van der Waals surface area contributed by atoms with E-state index in [1.807, 2.05) is 0 Å². The number of nitrogens with one attached hydrogen (secondary N) is 1. The molecule has 7 heteroatoms. The first-order valence-electron chi connectivity index (χ1n) is 5.81. The largest absolute Gasteiger partial charge is 0.374 e. The molecule has 1 N–H and O–H groups in total. The molecule has 0 spiro atoms. The minimum Gasteiger partial charge on any atom is -0.374 e. The molecule has 0 aliphatic carbocycles. The summed E-state index contributed by atoms with van der Waals surface area (Å²) < 4.78 is 5.57. The van der Waals surface area contributed by atoms with Crippen molar-refractivity contribution in [3.05, 3.63) is 28.4 Å². The summed E-state index contributed by atoms with van der Waals surface area (Å²) in [6, 6.07) is 3.02. The Morgan fingerprint density at radius 3 is 3.22 bits per heavy atom. The van der Waals surface area contributed by atoms with Gasteiger partial charge in [0.1, 0.15) is 0 Å². The molecule has 2 rings (SSSR count). The molecular weight excluding hydrogens is 236 g/mol. The molecule has 1 fully saturated rings. The first kappa shape index (κ1) is 12.7. The van der Waals surface area contributed by atoms with Gasteiger partial charge in [0.05, 0.1) is 17.6 Å². The Morgan fingerprint density at radius 2 is 2.56 bits per heavy atom. The maximum absolute atomic E-state index is 10.9. The minimum atomic E-state index is -0.418. The number of rotatable bonds is 4. The van der Waals surface area contributed by atoms with Crippen molar-refractivity contribution in [1.29, 1.82) is 0 Å². The lowest BCUT2D eigenvalue weighted by molar-refractivity contribution is -0.384. The number of nitro groups is 1. The van der Waals surface area contributed by atoms with E-state index in [1.54, 1.807) is 24.2 Å². The molecule has 1 saturated heterocycles. The van der Waals surface area contributed by atoms with Crippen molar-refractivity contribution in [2.75, 3.05) is 38.2 Å². The second-order valence-corrected chi connectivity index (χ2v) is 4.18. The molecule has 0 amide bonds. The SMILES string of the molecule is CN(CC1CNCCO1)c1ncccc1[N+](=O)[O-]. The number of nitrogens with zero attached hydrogens (tertiary/aromatic N) is 3. The number of ether oxygens (including phenoxy) is 1. The summed E-state index contributed by atoms with van der Waals surface area (Å²) in [5, 5.41) is 14.1. The highest BCUT2D eigenvalue weighted by Crippen LogP contribution is 2.23. The molecule has 1 aromatic heterocycles. The van der Waals surface area contributed by atoms with Gasteiger partial charge in [-0.2, -0.15) is 0 Å². The average molecular weight is 252 g/mol. The zero-order valence-corrected chi connectivity index (χ0v) is 10.2. The van der Waals surface area contributed by atoms with Crippen LogP contribution in [0.15, 0.2) is 18.3 Å². The second kappa shape index (κ2) is 5.74. The predicted molar refractivity (Wildman–Crippen MR) is 66.8 cm³/mol. The van der Waals surface area contributed by atoms with Crippen molar-refractivity contribution in [3.8, 4) is 0 Å². The van der Waals surface area contributed by atoms with Crippen molar-refractivity contribution in [2.24, 2.45) is 0 Å². The van der Waals surface area contributed by atoms with Gasteiger partial charge < -0.3 is 15.0 Å². The van der Waals surface area contributed by atoms with Gasteiger partial charge in [-0.3, -0.25) is 10.1 Å². The fourth-order valence-electron chi connectivity index (χ4n) is 1.95. The highest BCUT2D eigenvalue weighted by molar-refractivity contribution is 5.56. The molecule has 0 radical (unpaired) electrons. The smallest absolute Gasteiger partial charge is 0.311 e. The Kier molecular flexibility index (Phi) is 4.06. The number of hydrogen-bond acceptors (Lipinski definition) is 6. The maximum Gasteiger partial charge on any atom is 0.311 e. The monoisotopic (exact) mass is 252 g/mol. The molecule has 7 nitrogen and oxygen atoms in total. The van der Waals surface area contributed by atoms with Gasteiger partial charge in [-0.1, -0.05) is 0 Å². The van der Waals surface area contributed by atoms with Crippen LogP contribution in [-0.2, 0) is 4.74 Å². The number of pyridine rings is 1. The number of morpholine rings is 1. The number of anilines is 1. The highest BCUT2D eigenvalue weighted by atomic mass is 16.6. The summed E-state index contributed by atoms with van der Waals surface area (Å²) in [5.74, 6) is 0.372. The van der Waals surface area contributed by atoms with E-state index in [0.29, 0.717) is 19.0 Å². The zero-order chi connectivity index (χ0) is 13.0. The molecular formula is C11H16N4O3. The normalized spacial score (nSPS) is 19.5. The van der Waals surface area contributed by atoms with Crippen LogP contribution >= 0.6 is 0 Å². The van der Waals surface area contributed by atoms with Crippen LogP contribution in [0.4, 0.5) is 11.5 Å². The number of aromatic nitrogens is 1. The summed E-state index contributed by atoms with van der Waals surface area (Å²) in [7, 11) is 1.79. The molecule has 0 aromatic carbocycles. The van der Waals surface area contributed by atoms with Crippen LogP contribution in [-0.4, -0.2) is 49.3 Å². The fourth-order valence-corrected chi connectivity index (χ4v) is 1.95. The first-order chi connectivity index (χ1) is 8.68. The molecule has 0 bridgehead atoms. The number of hydrogen-bond donors (Lipinski definition) is 1. The van der Waals surface area contributed by atoms with Crippen molar-refractivity contribution in [2.45, 2.75) is 6.10 Å². The van der Waals surface area contributed by atoms with Crippen molar-refractivity contribution in [3.63, 3.8) is 0 Å². The summed E-state index contributed by atoms with van der Waals surface area (Å²) in [6.45, 7) is 2.85. The molecule has 1 aromatic rings. The molecule has 1 aliphatic rings. The average Bonchev–Trinajstić information content (AvgIpc) is 2.40. The summed E-state index contributed by atoms with van der Waals surface area (Å²) in [4.78, 5) is 16.3. The van der Waals surface area contributed by atoms with Crippen molar-refractivity contribution in [1.82, 2.24) is 10.3 Å². The van der Waals surface area contributed by atoms with E-state index < -0.39 is 4.92 Å². The van der Waals surface area contributed by atoms with Gasteiger partial charge in [0, 0.05) is 38.9 Å². The Morgan fingerprint density at radius 1 is 1.72 bits per heavy atom. The van der Waals surface area contributed by atoms with Crippen LogP contribution in [0.1, 0.15) is 0 Å². The lowest BCUT2D eigenvalue weighted by Gasteiger charge is -2.28. The van der Waals surface area contributed by atoms with Gasteiger partial charge >= 0.3 is 5.69 Å². The van der Waals surface area contributed by atoms with Crippen LogP contribution in [0, 0.1) is 10.1 Å². The van der Waals surface area contributed by atoms with Crippen molar-refractivity contribution >= 4 is 11.5 Å². The van der Waals surface area contributed by atoms with E-state index in [9.17, 15) is 10.1 Å². The summed E-state index contributed by atoms with van der Waals surface area (Å²) in [5.41, 5.74) is 0.0174. The Balaban J connectivity index is 2.08. The highest BCUT2D eigenvalue weighted by Gasteiger charge is 2.21. The topological polar surface area (TPSA) is 80.5 Å². The fraction of sp³-hybridized carbons (Fsp3) is 0.545. The molecule has 2 heterocycles. The van der Waals surface area contributed by atoms with Crippen LogP contribution in [0.3, 0.4) is 0 Å². The van der Waals surface area contributed by atoms with Gasteiger partial charge in [-0.05, 0) is 6.07 Å². The summed E-state index contributed by atoms with van der Waals surface area (Å²) >= 11 is 0. The van der Waals surface area contributed by atoms with E-state index in [2.05, 4.69) is 10.3 Å². The van der Waals surface area contributed by atoms with E-state index in [-0.39, 0.29) is 11.8 Å². The standard InChI is InChI=1S/C11H16N4O3/c1-14(8-9-7-12-5-6-18-9)11-10(15(16)17)3-2-4-13-11/h2-4,9,12H,5-8H2,1H3. The lowest BCUT2D eigenvalue weighted by Crippen LogP contribution is -2.44. The predicted octanol–water partition coefficient (Wildman–Crippen LogP) is 0.414. The minimum absolute atomic E-state index is 0.0174. The Labute approximate surface area is 105 Å². The molecule has 1 aliphatic heterocycles. The van der Waals surface area contributed by atoms with Gasteiger partial charge in [0.2, 0.25) is 5.82 Å². The lowest BCUT2D eigenvalue weighted by atomic mass is 10.2. The molecule has 18 heavy (non-hydrogen) atoms. The molecule has 1 atom stereocenters. The van der Waals surface area contributed by atoms with Crippen LogP contribution in [0.25, 0.3) is 0 Å². The van der Waals surface area contributed by atoms with E-state index >= 15 is 0 Å². The van der Waals surface area contributed by atoms with E-state index in [0.717, 1.165) is 13.1 Å². The van der Waals surface area contributed by atoms with E-state index in [1.165, 1.54) is 6.07 Å². The van der Waals surface area contributed by atoms with Crippen LogP contribution < -0.4 is 10.2 Å². The Hall–Kier alpha value is -1.73. The quantitative estimate of drug-likeness (QED) is 0.617. The zero-order valence-electron chi connectivity index (χ0n) is 10.2. The molecule has 1 unspecified atom stereocenters. The Bertz CT molecular complexity index is 421. The first-order valence-corrected chi connectivity index (χ1v) is 5.81. The summed E-state index contributed by atoms with van der Waals surface area (Å²) in [6.07, 6.45) is 1.59. The third kappa shape index (κ3) is 2.93.